The molecule has 0 aliphatic carbocycles. The van der Waals surface area contributed by atoms with Crippen LogP contribution in [0.2, 0.25) is 0 Å². The number of rotatable bonds is 1. The first-order valence-electron chi connectivity index (χ1n) is 5.58. The SMILES string of the molecule is O=c1nc(N2CCCC2)c2ccccc2[nH]1. The molecule has 1 aromatic heterocycles. The van der Waals surface area contributed by atoms with Crippen LogP contribution in [-0.2, 0) is 0 Å². The Morgan fingerprint density at radius 2 is 1.94 bits per heavy atom. The molecule has 82 valence electrons. The van der Waals surface area contributed by atoms with E-state index in [4.69, 9.17) is 0 Å². The molecule has 3 rings (SSSR count). The zero-order chi connectivity index (χ0) is 11.0. The maximum atomic E-state index is 11.5. The molecule has 0 saturated carbocycles. The first-order chi connectivity index (χ1) is 7.84. The fourth-order valence-corrected chi connectivity index (χ4v) is 2.26. The number of nitrogens with zero attached hydrogens (tertiary/aromatic N) is 2. The minimum atomic E-state index is -0.263. The van der Waals surface area contributed by atoms with Crippen LogP contribution < -0.4 is 10.6 Å². The second-order valence-corrected chi connectivity index (χ2v) is 4.11. The lowest BCUT2D eigenvalue weighted by Gasteiger charge is -2.17. The molecule has 1 aliphatic rings. The van der Waals surface area contributed by atoms with Gasteiger partial charge >= 0.3 is 5.69 Å². The Morgan fingerprint density at radius 1 is 1.19 bits per heavy atom. The first-order valence-corrected chi connectivity index (χ1v) is 5.58. The van der Waals surface area contributed by atoms with Gasteiger partial charge in [0.05, 0.1) is 5.52 Å². The topological polar surface area (TPSA) is 49.0 Å². The van der Waals surface area contributed by atoms with Gasteiger partial charge in [-0.05, 0) is 25.0 Å². The molecule has 4 nitrogen and oxygen atoms in total. The summed E-state index contributed by atoms with van der Waals surface area (Å²) in [5, 5.41) is 1.03. The zero-order valence-electron chi connectivity index (χ0n) is 8.94. The number of hydrogen-bond acceptors (Lipinski definition) is 3. The first kappa shape index (κ1) is 9.39. The van der Waals surface area contributed by atoms with Crippen LogP contribution in [0.25, 0.3) is 10.9 Å². The summed E-state index contributed by atoms with van der Waals surface area (Å²) in [6, 6.07) is 7.82. The Bertz CT molecular complexity index is 570. The maximum absolute atomic E-state index is 11.5. The Balaban J connectivity index is 2.25. The van der Waals surface area contributed by atoms with Crippen LogP contribution in [0.5, 0.6) is 0 Å². The standard InChI is InChI=1S/C12H13N3O/c16-12-13-10-6-2-1-5-9(10)11(14-12)15-7-3-4-8-15/h1-2,5-6H,3-4,7-8H2,(H,13,14,16). The van der Waals surface area contributed by atoms with Crippen LogP contribution in [0.3, 0.4) is 0 Å². The van der Waals surface area contributed by atoms with E-state index in [9.17, 15) is 4.79 Å². The molecule has 0 unspecified atom stereocenters. The minimum Gasteiger partial charge on any atom is -0.356 e. The van der Waals surface area contributed by atoms with Gasteiger partial charge < -0.3 is 9.88 Å². The number of H-pyrrole nitrogens is 1. The van der Waals surface area contributed by atoms with Crippen LogP contribution in [0.1, 0.15) is 12.8 Å². The number of aromatic nitrogens is 2. The van der Waals surface area contributed by atoms with Crippen molar-refractivity contribution in [1.82, 2.24) is 9.97 Å². The summed E-state index contributed by atoms with van der Waals surface area (Å²) in [5.41, 5.74) is 0.602. The van der Waals surface area contributed by atoms with Crippen molar-refractivity contribution in [2.75, 3.05) is 18.0 Å². The summed E-state index contributed by atoms with van der Waals surface area (Å²) in [4.78, 5) is 20.5. The van der Waals surface area contributed by atoms with Crippen molar-refractivity contribution < 1.29 is 0 Å². The zero-order valence-corrected chi connectivity index (χ0v) is 8.94. The lowest BCUT2D eigenvalue weighted by molar-refractivity contribution is 0.927. The molecule has 16 heavy (non-hydrogen) atoms. The van der Waals surface area contributed by atoms with Gasteiger partial charge in [0, 0.05) is 18.5 Å². The van der Waals surface area contributed by atoms with E-state index in [1.165, 1.54) is 12.8 Å². The van der Waals surface area contributed by atoms with E-state index >= 15 is 0 Å². The van der Waals surface area contributed by atoms with E-state index in [0.717, 1.165) is 29.8 Å². The molecule has 1 aliphatic heterocycles. The number of fused-ring (bicyclic) bond motifs is 1. The predicted molar refractivity (Wildman–Crippen MR) is 63.8 cm³/mol. The van der Waals surface area contributed by atoms with Crippen molar-refractivity contribution in [3.05, 3.63) is 34.7 Å². The maximum Gasteiger partial charge on any atom is 0.347 e. The third-order valence-electron chi connectivity index (χ3n) is 3.02. The quantitative estimate of drug-likeness (QED) is 0.784. The number of para-hydroxylation sites is 1. The largest absolute Gasteiger partial charge is 0.356 e. The number of aromatic amines is 1. The van der Waals surface area contributed by atoms with Crippen molar-refractivity contribution in [2.45, 2.75) is 12.8 Å². The van der Waals surface area contributed by atoms with Crippen LogP contribution in [-0.4, -0.2) is 23.1 Å². The number of hydrogen-bond donors (Lipinski definition) is 1. The second-order valence-electron chi connectivity index (χ2n) is 4.11. The van der Waals surface area contributed by atoms with Crippen LogP contribution in [0.15, 0.2) is 29.1 Å². The average Bonchev–Trinajstić information content (AvgIpc) is 2.81. The van der Waals surface area contributed by atoms with Gasteiger partial charge in [-0.2, -0.15) is 4.98 Å². The highest BCUT2D eigenvalue weighted by Gasteiger charge is 2.16. The van der Waals surface area contributed by atoms with Gasteiger partial charge in [0.2, 0.25) is 0 Å². The van der Waals surface area contributed by atoms with Gasteiger partial charge in [-0.25, -0.2) is 4.79 Å². The van der Waals surface area contributed by atoms with Gasteiger partial charge in [-0.15, -0.1) is 0 Å². The Hall–Kier alpha value is -1.84. The molecule has 4 heteroatoms. The van der Waals surface area contributed by atoms with Crippen molar-refractivity contribution in [3.63, 3.8) is 0 Å². The highest BCUT2D eigenvalue weighted by atomic mass is 16.1. The van der Waals surface area contributed by atoms with E-state index in [1.807, 2.05) is 24.3 Å². The lowest BCUT2D eigenvalue weighted by Crippen LogP contribution is -2.23. The Labute approximate surface area is 92.9 Å². The Morgan fingerprint density at radius 3 is 2.75 bits per heavy atom. The highest BCUT2D eigenvalue weighted by Crippen LogP contribution is 2.24. The van der Waals surface area contributed by atoms with E-state index in [1.54, 1.807) is 0 Å². The highest BCUT2D eigenvalue weighted by molar-refractivity contribution is 5.89. The fourth-order valence-electron chi connectivity index (χ4n) is 2.26. The summed E-state index contributed by atoms with van der Waals surface area (Å²) in [6.45, 7) is 2.00. The van der Waals surface area contributed by atoms with Crippen LogP contribution in [0.4, 0.5) is 5.82 Å². The predicted octanol–water partition coefficient (Wildman–Crippen LogP) is 1.52. The Kier molecular flexibility index (Phi) is 2.13. The molecule has 1 N–H and O–H groups in total. The third kappa shape index (κ3) is 1.46. The minimum absolute atomic E-state index is 0.263. The van der Waals surface area contributed by atoms with E-state index in [2.05, 4.69) is 14.9 Å². The number of nitrogens with one attached hydrogen (secondary N) is 1. The summed E-state index contributed by atoms with van der Waals surface area (Å²) in [6.07, 6.45) is 2.37. The molecular formula is C12H13N3O. The molecule has 0 spiro atoms. The molecule has 0 bridgehead atoms. The summed E-state index contributed by atoms with van der Waals surface area (Å²) in [7, 11) is 0. The van der Waals surface area contributed by atoms with Gasteiger partial charge in [-0.1, -0.05) is 12.1 Å². The second kappa shape index (κ2) is 3.63. The van der Waals surface area contributed by atoms with Crippen LogP contribution >= 0.6 is 0 Å². The fraction of sp³-hybridized carbons (Fsp3) is 0.333. The number of anilines is 1. The molecule has 1 saturated heterocycles. The lowest BCUT2D eigenvalue weighted by atomic mass is 10.2. The number of benzene rings is 1. The monoisotopic (exact) mass is 215 g/mol. The van der Waals surface area contributed by atoms with E-state index in [-0.39, 0.29) is 5.69 Å². The van der Waals surface area contributed by atoms with Gasteiger partial charge in [-0.3, -0.25) is 0 Å². The molecule has 2 heterocycles. The van der Waals surface area contributed by atoms with Crippen molar-refractivity contribution >= 4 is 16.7 Å². The van der Waals surface area contributed by atoms with Gasteiger partial charge in [0.15, 0.2) is 0 Å². The molecule has 0 amide bonds. The molecule has 0 atom stereocenters. The normalized spacial score (nSPS) is 15.9. The summed E-state index contributed by atoms with van der Waals surface area (Å²) >= 11 is 0. The van der Waals surface area contributed by atoms with E-state index in [0.29, 0.717) is 0 Å². The van der Waals surface area contributed by atoms with Crippen molar-refractivity contribution in [2.24, 2.45) is 0 Å². The molecular weight excluding hydrogens is 202 g/mol. The van der Waals surface area contributed by atoms with Crippen molar-refractivity contribution in [3.8, 4) is 0 Å². The smallest absolute Gasteiger partial charge is 0.347 e. The molecule has 2 aromatic rings. The molecule has 1 aromatic carbocycles. The molecule has 0 radical (unpaired) electrons. The van der Waals surface area contributed by atoms with E-state index < -0.39 is 0 Å². The third-order valence-corrected chi connectivity index (χ3v) is 3.02. The summed E-state index contributed by atoms with van der Waals surface area (Å²) < 4.78 is 0. The van der Waals surface area contributed by atoms with Crippen LogP contribution in [0, 0.1) is 0 Å². The molecule has 1 fully saturated rings. The summed E-state index contributed by atoms with van der Waals surface area (Å²) in [5.74, 6) is 0.830. The average molecular weight is 215 g/mol. The van der Waals surface area contributed by atoms with Crippen molar-refractivity contribution in [1.29, 1.82) is 0 Å². The van der Waals surface area contributed by atoms with Gasteiger partial charge in [0.1, 0.15) is 5.82 Å². The van der Waals surface area contributed by atoms with Gasteiger partial charge in [0.25, 0.3) is 0 Å².